The summed E-state index contributed by atoms with van der Waals surface area (Å²) in [5, 5.41) is 0. The third-order valence-corrected chi connectivity index (χ3v) is 5.83. The number of rotatable bonds is 7. The van der Waals surface area contributed by atoms with Crippen molar-refractivity contribution in [3.63, 3.8) is 0 Å². The van der Waals surface area contributed by atoms with E-state index < -0.39 is 0 Å². The van der Waals surface area contributed by atoms with Crippen molar-refractivity contribution >= 4 is 0 Å². The van der Waals surface area contributed by atoms with Crippen molar-refractivity contribution < 1.29 is 4.39 Å². The van der Waals surface area contributed by atoms with Gasteiger partial charge in [-0.2, -0.15) is 0 Å². The molecule has 0 spiro atoms. The fourth-order valence-electron chi connectivity index (χ4n) is 4.35. The zero-order valence-electron chi connectivity index (χ0n) is 15.7. The van der Waals surface area contributed by atoms with Gasteiger partial charge in [0.15, 0.2) is 0 Å². The molecule has 1 aromatic rings. The minimum Gasteiger partial charge on any atom is -0.306 e. The topological polar surface area (TPSA) is 6.48 Å². The van der Waals surface area contributed by atoms with Crippen LogP contribution in [0.3, 0.4) is 0 Å². The van der Waals surface area contributed by atoms with Gasteiger partial charge in [-0.1, -0.05) is 24.3 Å². The van der Waals surface area contributed by atoms with Crippen molar-refractivity contribution in [2.24, 2.45) is 11.8 Å². The Morgan fingerprint density at radius 3 is 2.60 bits per heavy atom. The van der Waals surface area contributed by atoms with Crippen LogP contribution in [0, 0.1) is 17.7 Å². The van der Waals surface area contributed by atoms with Crippen LogP contribution in [-0.2, 0) is 6.42 Å². The Bertz CT molecular complexity index is 549. The van der Waals surface area contributed by atoms with E-state index in [2.05, 4.69) is 29.0 Å². The van der Waals surface area contributed by atoms with Crippen molar-refractivity contribution in [2.75, 3.05) is 39.8 Å². The molecule has 25 heavy (non-hydrogen) atoms. The normalized spacial score (nSPS) is 22.6. The van der Waals surface area contributed by atoms with Gasteiger partial charge in [0.05, 0.1) is 0 Å². The van der Waals surface area contributed by atoms with Crippen LogP contribution in [0.5, 0.6) is 0 Å². The highest BCUT2D eigenvalue weighted by atomic mass is 19.1. The summed E-state index contributed by atoms with van der Waals surface area (Å²) in [6, 6.07) is 7.04. The molecule has 0 saturated carbocycles. The first kappa shape index (κ1) is 18.6. The molecule has 2 nitrogen and oxygen atoms in total. The van der Waals surface area contributed by atoms with Crippen molar-refractivity contribution in [1.82, 2.24) is 9.80 Å². The second-order valence-corrected chi connectivity index (χ2v) is 8.04. The van der Waals surface area contributed by atoms with Gasteiger partial charge in [-0.05, 0) is 88.2 Å². The molecule has 1 aliphatic carbocycles. The van der Waals surface area contributed by atoms with Crippen molar-refractivity contribution in [3.05, 3.63) is 47.8 Å². The molecule has 138 valence electrons. The largest absolute Gasteiger partial charge is 0.306 e. The van der Waals surface area contributed by atoms with E-state index >= 15 is 0 Å². The van der Waals surface area contributed by atoms with Gasteiger partial charge in [-0.3, -0.25) is 0 Å². The highest BCUT2D eigenvalue weighted by Gasteiger charge is 2.21. The lowest BCUT2D eigenvalue weighted by Gasteiger charge is -2.35. The van der Waals surface area contributed by atoms with Crippen LogP contribution >= 0.6 is 0 Å². The molecular weight excluding hydrogens is 311 g/mol. The lowest BCUT2D eigenvalue weighted by atomic mass is 9.92. The SMILES string of the molecule is CN(CC1CC=CCC1)CC1CCN(CCc2cccc(F)c2)CC1. The van der Waals surface area contributed by atoms with E-state index in [0.717, 1.165) is 30.4 Å². The van der Waals surface area contributed by atoms with Crippen LogP contribution in [0.25, 0.3) is 0 Å². The number of halogens is 1. The minimum absolute atomic E-state index is 0.118. The maximum atomic E-state index is 13.3. The van der Waals surface area contributed by atoms with Gasteiger partial charge in [0.2, 0.25) is 0 Å². The lowest BCUT2D eigenvalue weighted by Crippen LogP contribution is -2.39. The van der Waals surface area contributed by atoms with Crippen LogP contribution in [-0.4, -0.2) is 49.6 Å². The van der Waals surface area contributed by atoms with Gasteiger partial charge in [-0.25, -0.2) is 4.39 Å². The monoisotopic (exact) mass is 344 g/mol. The Hall–Kier alpha value is -1.19. The van der Waals surface area contributed by atoms with E-state index in [0.29, 0.717) is 0 Å². The average Bonchev–Trinajstić information content (AvgIpc) is 2.62. The van der Waals surface area contributed by atoms with E-state index in [1.165, 1.54) is 64.3 Å². The van der Waals surface area contributed by atoms with Crippen molar-refractivity contribution in [2.45, 2.75) is 38.5 Å². The van der Waals surface area contributed by atoms with Crippen LogP contribution in [0.4, 0.5) is 4.39 Å². The third-order valence-electron chi connectivity index (χ3n) is 5.83. The highest BCUT2D eigenvalue weighted by Crippen LogP contribution is 2.22. The van der Waals surface area contributed by atoms with Crippen LogP contribution in [0.1, 0.15) is 37.7 Å². The Labute approximate surface area is 152 Å². The van der Waals surface area contributed by atoms with E-state index in [9.17, 15) is 4.39 Å². The molecule has 0 N–H and O–H groups in total. The number of hydrogen-bond acceptors (Lipinski definition) is 2. The molecule has 0 bridgehead atoms. The molecule has 3 heteroatoms. The Morgan fingerprint density at radius 2 is 1.88 bits per heavy atom. The first-order valence-electron chi connectivity index (χ1n) is 9.99. The zero-order valence-corrected chi connectivity index (χ0v) is 15.7. The first-order chi connectivity index (χ1) is 12.2. The van der Waals surface area contributed by atoms with Gasteiger partial charge in [0.25, 0.3) is 0 Å². The molecule has 1 saturated heterocycles. The molecule has 1 aromatic carbocycles. The van der Waals surface area contributed by atoms with Crippen LogP contribution in [0.2, 0.25) is 0 Å². The predicted octanol–water partition coefficient (Wildman–Crippen LogP) is 4.37. The van der Waals surface area contributed by atoms with Crippen molar-refractivity contribution in [3.8, 4) is 0 Å². The summed E-state index contributed by atoms with van der Waals surface area (Å²) in [6.07, 6.45) is 12.1. The standard InChI is InChI=1S/C22H33FN2/c1-24(17-20-6-3-2-4-7-20)18-21-11-14-25(15-12-21)13-10-19-8-5-9-22(23)16-19/h2-3,5,8-9,16,20-21H,4,6-7,10-15,17-18H2,1H3. The summed E-state index contributed by atoms with van der Waals surface area (Å²) in [4.78, 5) is 5.12. The Balaban J connectivity index is 1.33. The summed E-state index contributed by atoms with van der Waals surface area (Å²) >= 11 is 0. The molecule has 3 rings (SSSR count). The maximum absolute atomic E-state index is 13.3. The maximum Gasteiger partial charge on any atom is 0.123 e. The zero-order chi connectivity index (χ0) is 17.5. The molecule has 1 unspecified atom stereocenters. The molecule has 0 radical (unpaired) electrons. The number of likely N-dealkylation sites (tertiary alicyclic amines) is 1. The molecule has 0 aromatic heterocycles. The fraction of sp³-hybridized carbons (Fsp3) is 0.636. The average molecular weight is 345 g/mol. The quantitative estimate of drug-likeness (QED) is 0.678. The molecule has 1 atom stereocenters. The van der Waals surface area contributed by atoms with Crippen LogP contribution in [0.15, 0.2) is 36.4 Å². The van der Waals surface area contributed by atoms with Gasteiger partial charge >= 0.3 is 0 Å². The molecular formula is C22H33FN2. The van der Waals surface area contributed by atoms with Crippen LogP contribution < -0.4 is 0 Å². The van der Waals surface area contributed by atoms with E-state index in [1.54, 1.807) is 6.07 Å². The minimum atomic E-state index is -0.118. The summed E-state index contributed by atoms with van der Waals surface area (Å²) in [5.41, 5.74) is 1.11. The third kappa shape index (κ3) is 6.23. The fourth-order valence-corrected chi connectivity index (χ4v) is 4.35. The summed E-state index contributed by atoms with van der Waals surface area (Å²) in [5.74, 6) is 1.59. The second-order valence-electron chi connectivity index (χ2n) is 8.04. The Morgan fingerprint density at radius 1 is 1.08 bits per heavy atom. The van der Waals surface area contributed by atoms with Gasteiger partial charge < -0.3 is 9.80 Å². The highest BCUT2D eigenvalue weighted by molar-refractivity contribution is 5.16. The number of nitrogens with zero attached hydrogens (tertiary/aromatic N) is 2. The summed E-state index contributed by atoms with van der Waals surface area (Å²) in [6.45, 7) is 5.95. The molecule has 1 fully saturated rings. The number of hydrogen-bond donors (Lipinski definition) is 0. The van der Waals surface area contributed by atoms with Gasteiger partial charge in [0.1, 0.15) is 5.82 Å². The smallest absolute Gasteiger partial charge is 0.123 e. The molecule has 1 heterocycles. The number of benzene rings is 1. The summed E-state index contributed by atoms with van der Waals surface area (Å²) in [7, 11) is 2.30. The summed E-state index contributed by atoms with van der Waals surface area (Å²) < 4.78 is 13.3. The lowest BCUT2D eigenvalue weighted by molar-refractivity contribution is 0.146. The number of allylic oxidation sites excluding steroid dienone is 2. The Kier molecular flexibility index (Phi) is 7.06. The second kappa shape index (κ2) is 9.49. The van der Waals surface area contributed by atoms with Gasteiger partial charge in [0, 0.05) is 19.6 Å². The molecule has 1 aliphatic heterocycles. The number of piperidine rings is 1. The molecule has 2 aliphatic rings. The predicted molar refractivity (Wildman–Crippen MR) is 103 cm³/mol. The van der Waals surface area contributed by atoms with E-state index in [-0.39, 0.29) is 5.82 Å². The van der Waals surface area contributed by atoms with E-state index in [4.69, 9.17) is 0 Å². The van der Waals surface area contributed by atoms with E-state index in [1.807, 2.05) is 12.1 Å². The van der Waals surface area contributed by atoms with Gasteiger partial charge in [-0.15, -0.1) is 0 Å². The molecule has 0 amide bonds. The van der Waals surface area contributed by atoms with Crippen molar-refractivity contribution in [1.29, 1.82) is 0 Å². The first-order valence-corrected chi connectivity index (χ1v) is 9.99.